The van der Waals surface area contributed by atoms with Crippen molar-refractivity contribution in [2.45, 2.75) is 64.8 Å². The van der Waals surface area contributed by atoms with Crippen molar-refractivity contribution in [1.82, 2.24) is 20.1 Å². The quantitative estimate of drug-likeness (QED) is 0.561. The number of carbonyl (C=O) groups is 1. The van der Waals surface area contributed by atoms with Crippen LogP contribution in [0.1, 0.15) is 73.3 Å². The van der Waals surface area contributed by atoms with E-state index >= 15 is 0 Å². The minimum Gasteiger partial charge on any atom is -0.497 e. The largest absolute Gasteiger partial charge is 0.497 e. The first-order valence-electron chi connectivity index (χ1n) is 11.1. The Hall–Kier alpha value is -2.89. The number of benzene rings is 1. The predicted molar refractivity (Wildman–Crippen MR) is 123 cm³/mol. The average molecular weight is 421 g/mol. The molecule has 0 radical (unpaired) electrons. The van der Waals surface area contributed by atoms with E-state index in [0.717, 1.165) is 53.9 Å². The van der Waals surface area contributed by atoms with Crippen LogP contribution in [-0.4, -0.2) is 34.3 Å². The van der Waals surface area contributed by atoms with Crippen LogP contribution in [-0.2, 0) is 12.0 Å². The number of fused-ring (bicyclic) bond motifs is 1. The molecule has 0 saturated heterocycles. The molecule has 2 aromatic heterocycles. The van der Waals surface area contributed by atoms with Crippen LogP contribution in [0.3, 0.4) is 0 Å². The van der Waals surface area contributed by atoms with E-state index in [1.165, 1.54) is 5.56 Å². The van der Waals surface area contributed by atoms with Gasteiger partial charge in [-0.1, -0.05) is 12.1 Å². The van der Waals surface area contributed by atoms with E-state index < -0.39 is 0 Å². The molecule has 4 rings (SSSR count). The van der Waals surface area contributed by atoms with E-state index in [0.29, 0.717) is 18.0 Å². The number of nitrogens with one attached hydrogen (secondary N) is 1. The first kappa shape index (κ1) is 21.3. The van der Waals surface area contributed by atoms with Crippen molar-refractivity contribution in [3.8, 4) is 5.75 Å². The molecule has 6 heteroatoms. The first-order chi connectivity index (χ1) is 14.8. The van der Waals surface area contributed by atoms with E-state index in [1.54, 1.807) is 7.11 Å². The van der Waals surface area contributed by atoms with Crippen LogP contribution in [0.4, 0.5) is 0 Å². The first-order valence-corrected chi connectivity index (χ1v) is 11.1. The van der Waals surface area contributed by atoms with Gasteiger partial charge in [0.05, 0.1) is 29.3 Å². The Labute approximate surface area is 184 Å². The molecule has 0 spiro atoms. The van der Waals surface area contributed by atoms with E-state index in [4.69, 9.17) is 14.8 Å². The van der Waals surface area contributed by atoms with E-state index in [-0.39, 0.29) is 11.4 Å². The molecule has 0 unspecified atom stereocenters. The monoisotopic (exact) mass is 420 g/mol. The van der Waals surface area contributed by atoms with Gasteiger partial charge in [0.2, 0.25) is 0 Å². The number of amides is 1. The zero-order valence-corrected chi connectivity index (χ0v) is 19.2. The number of nitrogens with zero attached hydrogens (tertiary/aromatic N) is 3. The van der Waals surface area contributed by atoms with Crippen molar-refractivity contribution in [2.75, 3.05) is 13.7 Å². The molecular weight excluding hydrogens is 388 g/mol. The fourth-order valence-electron chi connectivity index (χ4n) is 3.93. The molecule has 1 N–H and O–H groups in total. The Morgan fingerprint density at radius 1 is 1.23 bits per heavy atom. The molecule has 1 fully saturated rings. The molecule has 1 amide bonds. The number of ether oxygens (including phenoxy) is 1. The zero-order valence-electron chi connectivity index (χ0n) is 19.2. The molecule has 1 aliphatic carbocycles. The topological polar surface area (TPSA) is 69.0 Å². The van der Waals surface area contributed by atoms with Crippen LogP contribution in [0.15, 0.2) is 30.3 Å². The van der Waals surface area contributed by atoms with Gasteiger partial charge < -0.3 is 10.1 Å². The highest BCUT2D eigenvalue weighted by Gasteiger charge is 2.30. The summed E-state index contributed by atoms with van der Waals surface area (Å²) in [6.45, 7) is 8.93. The Morgan fingerprint density at radius 3 is 2.55 bits per heavy atom. The van der Waals surface area contributed by atoms with Crippen molar-refractivity contribution in [3.05, 3.63) is 52.8 Å². The summed E-state index contributed by atoms with van der Waals surface area (Å²) in [5.41, 5.74) is 4.42. The standard InChI is InChI=1S/C25H32N4O2/c1-16-22-20(24(30)26-14-6-7-17-8-12-19(31-5)13-9-17)15-21(18-10-11-18)27-23(22)29(28-16)25(2,3)4/h8-9,12-13,15,18H,6-7,10-11,14H2,1-5H3,(H,26,30). The number of carbonyl (C=O) groups excluding carboxylic acids is 1. The Bertz CT molecular complexity index is 1090. The van der Waals surface area contributed by atoms with Crippen molar-refractivity contribution < 1.29 is 9.53 Å². The molecule has 31 heavy (non-hydrogen) atoms. The Morgan fingerprint density at radius 2 is 1.94 bits per heavy atom. The second kappa shape index (κ2) is 8.33. The van der Waals surface area contributed by atoms with E-state index in [2.05, 4.69) is 38.2 Å². The maximum absolute atomic E-state index is 13.2. The van der Waals surface area contributed by atoms with Gasteiger partial charge in [0.25, 0.3) is 5.91 Å². The second-order valence-electron chi connectivity index (χ2n) is 9.44. The van der Waals surface area contributed by atoms with Gasteiger partial charge >= 0.3 is 0 Å². The van der Waals surface area contributed by atoms with Gasteiger partial charge in [-0.25, -0.2) is 9.67 Å². The maximum Gasteiger partial charge on any atom is 0.252 e. The highest BCUT2D eigenvalue weighted by molar-refractivity contribution is 6.06. The lowest BCUT2D eigenvalue weighted by molar-refractivity contribution is 0.0954. The molecule has 0 aliphatic heterocycles. The van der Waals surface area contributed by atoms with Crippen LogP contribution in [0.25, 0.3) is 11.0 Å². The smallest absolute Gasteiger partial charge is 0.252 e. The number of hydrogen-bond donors (Lipinski definition) is 1. The highest BCUT2D eigenvalue weighted by Crippen LogP contribution is 2.41. The van der Waals surface area contributed by atoms with E-state index in [9.17, 15) is 4.79 Å². The third kappa shape index (κ3) is 4.58. The molecule has 2 heterocycles. The molecule has 1 saturated carbocycles. The maximum atomic E-state index is 13.2. The van der Waals surface area contributed by atoms with Crippen LogP contribution < -0.4 is 10.1 Å². The van der Waals surface area contributed by atoms with Gasteiger partial charge in [0.15, 0.2) is 5.65 Å². The minimum absolute atomic E-state index is 0.0411. The Balaban J connectivity index is 1.52. The van der Waals surface area contributed by atoms with Gasteiger partial charge in [-0.15, -0.1) is 0 Å². The van der Waals surface area contributed by atoms with Gasteiger partial charge in [-0.3, -0.25) is 4.79 Å². The number of pyridine rings is 1. The van der Waals surface area contributed by atoms with Crippen molar-refractivity contribution in [3.63, 3.8) is 0 Å². The van der Waals surface area contributed by atoms with Gasteiger partial charge in [-0.2, -0.15) is 5.10 Å². The lowest BCUT2D eigenvalue weighted by Crippen LogP contribution is -2.26. The number of aryl methyl sites for hydroxylation is 2. The lowest BCUT2D eigenvalue weighted by atomic mass is 10.1. The molecule has 1 aliphatic rings. The molecule has 3 aromatic rings. The Kier molecular flexibility index (Phi) is 5.73. The minimum atomic E-state index is -0.201. The van der Waals surface area contributed by atoms with Crippen LogP contribution in [0.5, 0.6) is 5.75 Å². The van der Waals surface area contributed by atoms with Crippen LogP contribution >= 0.6 is 0 Å². The molecular formula is C25H32N4O2. The van der Waals surface area contributed by atoms with Crippen molar-refractivity contribution in [1.29, 1.82) is 0 Å². The second-order valence-corrected chi connectivity index (χ2v) is 9.44. The molecule has 164 valence electrons. The number of hydrogen-bond acceptors (Lipinski definition) is 4. The number of aromatic nitrogens is 3. The molecule has 1 aromatic carbocycles. The van der Waals surface area contributed by atoms with Crippen molar-refractivity contribution in [2.24, 2.45) is 0 Å². The van der Waals surface area contributed by atoms with Crippen LogP contribution in [0, 0.1) is 6.92 Å². The highest BCUT2D eigenvalue weighted by atomic mass is 16.5. The molecule has 0 bridgehead atoms. The van der Waals surface area contributed by atoms with Gasteiger partial charge in [-0.05, 0) is 77.1 Å². The average Bonchev–Trinajstić information content (AvgIpc) is 3.53. The van der Waals surface area contributed by atoms with Gasteiger partial charge in [0.1, 0.15) is 5.75 Å². The number of methoxy groups -OCH3 is 1. The SMILES string of the molecule is COc1ccc(CCCNC(=O)c2cc(C3CC3)nc3c2c(C)nn3C(C)(C)C)cc1. The number of rotatable bonds is 7. The summed E-state index contributed by atoms with van der Waals surface area (Å²) in [5.74, 6) is 1.28. The van der Waals surface area contributed by atoms with Gasteiger partial charge in [0, 0.05) is 18.2 Å². The summed E-state index contributed by atoms with van der Waals surface area (Å²) in [6, 6.07) is 10.1. The molecule has 0 atom stereocenters. The summed E-state index contributed by atoms with van der Waals surface area (Å²) in [6.07, 6.45) is 4.07. The fraction of sp³-hybridized carbons (Fsp3) is 0.480. The summed E-state index contributed by atoms with van der Waals surface area (Å²) in [5, 5.41) is 8.72. The fourth-order valence-corrected chi connectivity index (χ4v) is 3.93. The summed E-state index contributed by atoms with van der Waals surface area (Å²) >= 11 is 0. The molecule has 6 nitrogen and oxygen atoms in total. The third-order valence-corrected chi connectivity index (χ3v) is 5.80. The third-order valence-electron chi connectivity index (χ3n) is 5.80. The zero-order chi connectivity index (χ0) is 22.2. The van der Waals surface area contributed by atoms with E-state index in [1.807, 2.05) is 29.8 Å². The normalized spacial score (nSPS) is 14.1. The summed E-state index contributed by atoms with van der Waals surface area (Å²) in [7, 11) is 1.67. The van der Waals surface area contributed by atoms with Crippen molar-refractivity contribution >= 4 is 16.9 Å². The predicted octanol–water partition coefficient (Wildman–Crippen LogP) is 4.74. The summed E-state index contributed by atoms with van der Waals surface area (Å²) < 4.78 is 7.17. The lowest BCUT2D eigenvalue weighted by Gasteiger charge is -2.20. The summed E-state index contributed by atoms with van der Waals surface area (Å²) in [4.78, 5) is 18.1. The van der Waals surface area contributed by atoms with Crippen LogP contribution in [0.2, 0.25) is 0 Å².